The van der Waals surface area contributed by atoms with E-state index in [9.17, 15) is 14.4 Å². The van der Waals surface area contributed by atoms with Gasteiger partial charge in [-0.1, -0.05) is 0 Å². The van der Waals surface area contributed by atoms with Crippen LogP contribution in [0.4, 0.5) is 5.69 Å². The van der Waals surface area contributed by atoms with Gasteiger partial charge in [0.15, 0.2) is 0 Å². The topological polar surface area (TPSA) is 110 Å². The minimum Gasteiger partial charge on any atom is -0.321 e. The number of carbonyl (C=O) groups excluding carboxylic acids is 3. The maximum atomic E-state index is 12.6. The molecule has 0 aliphatic carbocycles. The van der Waals surface area contributed by atoms with Gasteiger partial charge in [0.1, 0.15) is 18.5 Å². The van der Waals surface area contributed by atoms with E-state index in [1.807, 2.05) is 0 Å². The lowest BCUT2D eigenvalue weighted by Gasteiger charge is -2.17. The van der Waals surface area contributed by atoms with Gasteiger partial charge >= 0.3 is 0 Å². The van der Waals surface area contributed by atoms with E-state index in [0.29, 0.717) is 17.1 Å². The van der Waals surface area contributed by atoms with Crippen LogP contribution in [0.3, 0.4) is 0 Å². The van der Waals surface area contributed by atoms with Crippen molar-refractivity contribution in [3.8, 4) is 5.82 Å². The summed E-state index contributed by atoms with van der Waals surface area (Å²) in [5, 5.41) is 10.2. The van der Waals surface area contributed by atoms with Gasteiger partial charge in [-0.25, -0.2) is 4.98 Å². The van der Waals surface area contributed by atoms with Gasteiger partial charge < -0.3 is 5.32 Å². The number of carbonyl (C=O) groups is 3. The Bertz CT molecular complexity index is 1070. The maximum absolute atomic E-state index is 12.6. The second-order valence-electron chi connectivity index (χ2n) is 6.56. The standard InChI is InChI=1S/C19H16N6O3/c1-11(2)25-18(27)14-5-3-12(7-15(14)19(25)28)17(26)23-13-4-6-16(20-8-13)24-9-21-22-10-24/h3-11H,1-2H3,(H,23,26). The molecular weight excluding hydrogens is 360 g/mol. The van der Waals surface area contributed by atoms with Crippen molar-refractivity contribution in [1.29, 1.82) is 0 Å². The fourth-order valence-electron chi connectivity index (χ4n) is 3.00. The average molecular weight is 376 g/mol. The first-order valence-corrected chi connectivity index (χ1v) is 8.60. The molecule has 0 saturated carbocycles. The second-order valence-corrected chi connectivity index (χ2v) is 6.56. The van der Waals surface area contributed by atoms with Gasteiger partial charge in [-0.3, -0.25) is 23.9 Å². The van der Waals surface area contributed by atoms with Gasteiger partial charge in [0.2, 0.25) is 0 Å². The molecule has 140 valence electrons. The average Bonchev–Trinajstić information content (AvgIpc) is 3.30. The molecule has 1 aromatic carbocycles. The molecule has 9 nitrogen and oxygen atoms in total. The Morgan fingerprint density at radius 2 is 1.71 bits per heavy atom. The van der Waals surface area contributed by atoms with Gasteiger partial charge in [-0.05, 0) is 44.2 Å². The van der Waals surface area contributed by atoms with Gasteiger partial charge in [0, 0.05) is 11.6 Å². The summed E-state index contributed by atoms with van der Waals surface area (Å²) in [6.07, 6.45) is 4.55. The minimum atomic E-state index is -0.398. The Hall–Kier alpha value is -3.88. The van der Waals surface area contributed by atoms with Crippen LogP contribution in [0.1, 0.15) is 44.9 Å². The van der Waals surface area contributed by atoms with Crippen molar-refractivity contribution in [1.82, 2.24) is 24.6 Å². The molecule has 3 heterocycles. The number of nitrogens with one attached hydrogen (secondary N) is 1. The molecule has 0 fully saturated rings. The molecule has 1 aliphatic rings. The molecular formula is C19H16N6O3. The minimum absolute atomic E-state index is 0.243. The molecule has 0 bridgehead atoms. The Balaban J connectivity index is 1.54. The molecule has 3 amide bonds. The van der Waals surface area contributed by atoms with Crippen molar-refractivity contribution in [2.45, 2.75) is 19.9 Å². The van der Waals surface area contributed by atoms with Crippen LogP contribution >= 0.6 is 0 Å². The number of nitrogens with zero attached hydrogens (tertiary/aromatic N) is 5. The van der Waals surface area contributed by atoms with Gasteiger partial charge in [-0.15, -0.1) is 10.2 Å². The number of pyridine rings is 1. The summed E-state index contributed by atoms with van der Waals surface area (Å²) in [5.41, 5.74) is 1.34. The zero-order chi connectivity index (χ0) is 19.8. The highest BCUT2D eigenvalue weighted by atomic mass is 16.2. The van der Waals surface area contributed by atoms with Crippen molar-refractivity contribution in [2.24, 2.45) is 0 Å². The Labute approximate surface area is 160 Å². The summed E-state index contributed by atoms with van der Waals surface area (Å²) in [6, 6.07) is 7.65. The highest BCUT2D eigenvalue weighted by Gasteiger charge is 2.37. The van der Waals surface area contributed by atoms with E-state index < -0.39 is 5.91 Å². The highest BCUT2D eigenvalue weighted by Crippen LogP contribution is 2.26. The molecule has 1 aliphatic heterocycles. The van der Waals surface area contributed by atoms with Crippen LogP contribution in [0.2, 0.25) is 0 Å². The number of amides is 3. The third-order valence-corrected chi connectivity index (χ3v) is 4.39. The monoisotopic (exact) mass is 376 g/mol. The molecule has 0 atom stereocenters. The summed E-state index contributed by atoms with van der Waals surface area (Å²) in [4.78, 5) is 42.8. The first-order chi connectivity index (χ1) is 13.5. The Kier molecular flexibility index (Phi) is 4.19. The van der Waals surface area contributed by atoms with E-state index in [2.05, 4.69) is 20.5 Å². The van der Waals surface area contributed by atoms with Gasteiger partial charge in [0.05, 0.1) is 23.0 Å². The van der Waals surface area contributed by atoms with Gasteiger partial charge in [0.25, 0.3) is 17.7 Å². The molecule has 0 radical (unpaired) electrons. The lowest BCUT2D eigenvalue weighted by atomic mass is 10.1. The summed E-state index contributed by atoms with van der Waals surface area (Å²) < 4.78 is 1.63. The molecule has 3 aromatic rings. The number of hydrogen-bond donors (Lipinski definition) is 1. The molecule has 1 N–H and O–H groups in total. The van der Waals surface area contributed by atoms with E-state index in [0.717, 1.165) is 0 Å². The van der Waals surface area contributed by atoms with E-state index in [1.165, 1.54) is 42.0 Å². The molecule has 0 spiro atoms. The Morgan fingerprint density at radius 3 is 2.36 bits per heavy atom. The summed E-state index contributed by atoms with van der Waals surface area (Å²) in [6.45, 7) is 3.54. The molecule has 0 unspecified atom stereocenters. The van der Waals surface area contributed by atoms with Crippen molar-refractivity contribution in [3.63, 3.8) is 0 Å². The molecule has 28 heavy (non-hydrogen) atoms. The lowest BCUT2D eigenvalue weighted by Crippen LogP contribution is -2.35. The second kappa shape index (κ2) is 6.69. The van der Waals surface area contributed by atoms with Crippen LogP contribution in [0.5, 0.6) is 0 Å². The maximum Gasteiger partial charge on any atom is 0.261 e. The number of benzene rings is 1. The lowest BCUT2D eigenvalue weighted by molar-refractivity contribution is 0.0609. The number of aromatic nitrogens is 4. The number of hydrogen-bond acceptors (Lipinski definition) is 6. The largest absolute Gasteiger partial charge is 0.321 e. The van der Waals surface area contributed by atoms with E-state index in [-0.39, 0.29) is 29.0 Å². The quantitative estimate of drug-likeness (QED) is 0.697. The number of rotatable bonds is 4. The molecule has 9 heteroatoms. The van der Waals surface area contributed by atoms with E-state index in [1.54, 1.807) is 30.5 Å². The number of imide groups is 1. The van der Waals surface area contributed by atoms with Crippen LogP contribution in [0.25, 0.3) is 5.82 Å². The Morgan fingerprint density at radius 1 is 1.00 bits per heavy atom. The third-order valence-electron chi connectivity index (χ3n) is 4.39. The smallest absolute Gasteiger partial charge is 0.261 e. The molecule has 2 aromatic heterocycles. The first-order valence-electron chi connectivity index (χ1n) is 8.60. The number of fused-ring (bicyclic) bond motifs is 1. The fourth-order valence-corrected chi connectivity index (χ4v) is 3.00. The highest BCUT2D eigenvalue weighted by molar-refractivity contribution is 6.22. The van der Waals surface area contributed by atoms with Crippen molar-refractivity contribution < 1.29 is 14.4 Å². The number of anilines is 1. The first kappa shape index (κ1) is 17.5. The van der Waals surface area contributed by atoms with Gasteiger partial charge in [-0.2, -0.15) is 0 Å². The zero-order valence-electron chi connectivity index (χ0n) is 15.2. The van der Waals surface area contributed by atoms with Crippen LogP contribution in [-0.2, 0) is 0 Å². The summed E-state index contributed by atoms with van der Waals surface area (Å²) in [7, 11) is 0. The summed E-state index contributed by atoms with van der Waals surface area (Å²) >= 11 is 0. The third kappa shape index (κ3) is 2.92. The van der Waals surface area contributed by atoms with Crippen LogP contribution < -0.4 is 5.32 Å². The van der Waals surface area contributed by atoms with Crippen molar-refractivity contribution in [3.05, 3.63) is 65.9 Å². The van der Waals surface area contributed by atoms with Crippen molar-refractivity contribution in [2.75, 3.05) is 5.32 Å². The predicted octanol–water partition coefficient (Wildman–Crippen LogP) is 1.92. The SMILES string of the molecule is CC(C)N1C(=O)c2ccc(C(=O)Nc3ccc(-n4cnnc4)nc3)cc2C1=O. The zero-order valence-corrected chi connectivity index (χ0v) is 15.2. The normalized spacial score (nSPS) is 13.2. The van der Waals surface area contributed by atoms with E-state index in [4.69, 9.17) is 0 Å². The fraction of sp³-hybridized carbons (Fsp3) is 0.158. The summed E-state index contributed by atoms with van der Waals surface area (Å²) in [5.74, 6) is -0.511. The van der Waals surface area contributed by atoms with Crippen LogP contribution in [0.15, 0.2) is 49.2 Å². The molecule has 0 saturated heterocycles. The van der Waals surface area contributed by atoms with Crippen molar-refractivity contribution >= 4 is 23.4 Å². The van der Waals surface area contributed by atoms with Crippen LogP contribution in [-0.4, -0.2) is 48.4 Å². The van der Waals surface area contributed by atoms with E-state index >= 15 is 0 Å². The predicted molar refractivity (Wildman–Crippen MR) is 99.2 cm³/mol. The molecule has 4 rings (SSSR count). The van der Waals surface area contributed by atoms with Crippen LogP contribution in [0, 0.1) is 0 Å².